The predicted molar refractivity (Wildman–Crippen MR) is 347 cm³/mol. The van der Waals surface area contributed by atoms with Gasteiger partial charge in [0.25, 0.3) is 0 Å². The van der Waals surface area contributed by atoms with Crippen molar-refractivity contribution in [2.45, 2.75) is 110 Å². The highest BCUT2D eigenvalue weighted by Gasteiger charge is 2.43. The van der Waals surface area contributed by atoms with Crippen molar-refractivity contribution < 1.29 is 0 Å². The second-order valence-electron chi connectivity index (χ2n) is 22.4. The first-order valence-corrected chi connectivity index (χ1v) is 29.9. The summed E-state index contributed by atoms with van der Waals surface area (Å²) in [5.74, 6) is 0.554. The van der Waals surface area contributed by atoms with E-state index < -0.39 is 0 Å². The molecule has 0 spiro atoms. The molecule has 0 N–H and O–H groups in total. The van der Waals surface area contributed by atoms with E-state index in [0.717, 1.165) is 49.0 Å². The largest absolute Gasteiger partial charge is 0.310 e. The molecule has 0 bridgehead atoms. The number of nitrogens with zero attached hydrogens (tertiary/aromatic N) is 2. The molecule has 0 amide bonds. The number of hydrogen-bond acceptors (Lipinski definition) is 1. The van der Waals surface area contributed by atoms with Gasteiger partial charge in [0.15, 0.2) is 0 Å². The van der Waals surface area contributed by atoms with Crippen LogP contribution in [0.1, 0.15) is 132 Å². The van der Waals surface area contributed by atoms with Crippen LogP contribution in [0.2, 0.25) is 0 Å². The lowest BCUT2D eigenvalue weighted by atomic mass is 9.70. The number of rotatable bonds is 22. The predicted octanol–water partition coefficient (Wildman–Crippen LogP) is 22.9. The molecule has 2 aliphatic carbocycles. The second kappa shape index (κ2) is 24.9. The molecule has 1 unspecified atom stereocenters. The first kappa shape index (κ1) is 53.8. The lowest BCUT2D eigenvalue weighted by molar-refractivity contribution is 0.401. The number of fused-ring (bicyclic) bond motifs is 4. The molecule has 1 aromatic heterocycles. The van der Waals surface area contributed by atoms with Crippen LogP contribution in [0.4, 0.5) is 17.1 Å². The topological polar surface area (TPSA) is 8.17 Å². The molecule has 400 valence electrons. The van der Waals surface area contributed by atoms with Crippen LogP contribution in [0.3, 0.4) is 0 Å². The first-order valence-electron chi connectivity index (χ1n) is 29.9. The molecule has 8 aromatic carbocycles. The molecule has 1 atom stereocenters. The molecule has 80 heavy (non-hydrogen) atoms. The van der Waals surface area contributed by atoms with Gasteiger partial charge in [0.2, 0.25) is 0 Å². The van der Waals surface area contributed by atoms with Crippen LogP contribution >= 0.6 is 0 Å². The van der Waals surface area contributed by atoms with E-state index in [4.69, 9.17) is 0 Å². The molecule has 0 fully saturated rings. The lowest BCUT2D eigenvalue weighted by Gasteiger charge is -2.34. The van der Waals surface area contributed by atoms with E-state index in [1.807, 2.05) is 6.08 Å². The van der Waals surface area contributed by atoms with E-state index in [1.54, 1.807) is 0 Å². The Hall–Kier alpha value is -8.20. The van der Waals surface area contributed by atoms with Gasteiger partial charge in [-0.3, -0.25) is 0 Å². The number of para-hydroxylation sites is 1. The third-order valence-corrected chi connectivity index (χ3v) is 17.3. The summed E-state index contributed by atoms with van der Waals surface area (Å²) in [4.78, 5) is 2.51. The Bertz CT molecular complexity index is 3630. The first-order chi connectivity index (χ1) is 39.4. The average Bonchev–Trinajstić information content (AvgIpc) is 4.21. The highest BCUT2D eigenvalue weighted by molar-refractivity contribution is 5.99. The quantitative estimate of drug-likeness (QED) is 0.0485. The number of benzene rings is 8. The molecule has 2 aliphatic rings. The zero-order valence-electron chi connectivity index (χ0n) is 47.5. The number of anilines is 3. The molecule has 0 saturated carbocycles. The maximum atomic E-state index is 4.12. The van der Waals surface area contributed by atoms with Gasteiger partial charge in [-0.1, -0.05) is 235 Å². The smallest absolute Gasteiger partial charge is 0.0541 e. The van der Waals surface area contributed by atoms with Gasteiger partial charge in [-0.2, -0.15) is 0 Å². The Morgan fingerprint density at radius 1 is 0.537 bits per heavy atom. The van der Waals surface area contributed by atoms with Gasteiger partial charge in [0.05, 0.1) is 11.2 Å². The lowest BCUT2D eigenvalue weighted by Crippen LogP contribution is -2.26. The van der Waals surface area contributed by atoms with Crippen LogP contribution in [-0.4, -0.2) is 4.57 Å². The second-order valence-corrected chi connectivity index (χ2v) is 22.4. The van der Waals surface area contributed by atoms with Crippen LogP contribution in [0, 0.1) is 5.92 Å². The summed E-state index contributed by atoms with van der Waals surface area (Å²) in [6.07, 6.45) is 31.1. The third-order valence-electron chi connectivity index (χ3n) is 17.3. The Morgan fingerprint density at radius 3 is 1.75 bits per heavy atom. The van der Waals surface area contributed by atoms with E-state index >= 15 is 0 Å². The van der Waals surface area contributed by atoms with Gasteiger partial charge in [-0.05, 0) is 179 Å². The molecule has 2 nitrogen and oxygen atoms in total. The fourth-order valence-corrected chi connectivity index (χ4v) is 13.0. The van der Waals surface area contributed by atoms with Crippen LogP contribution in [0.5, 0.6) is 0 Å². The highest BCUT2D eigenvalue weighted by Crippen LogP contribution is 2.57. The highest BCUT2D eigenvalue weighted by atomic mass is 15.1. The molecular formula is C78H78N2. The maximum Gasteiger partial charge on any atom is 0.0541 e. The summed E-state index contributed by atoms with van der Waals surface area (Å²) in [6, 6.07) is 70.8. The Morgan fingerprint density at radius 2 is 1.15 bits per heavy atom. The van der Waals surface area contributed by atoms with Crippen molar-refractivity contribution in [3.05, 3.63) is 259 Å². The summed E-state index contributed by atoms with van der Waals surface area (Å²) in [5.41, 5.74) is 23.6. The van der Waals surface area contributed by atoms with E-state index in [9.17, 15) is 0 Å². The molecule has 9 aromatic rings. The summed E-state index contributed by atoms with van der Waals surface area (Å²) in [6.45, 7) is 15.0. The van der Waals surface area contributed by atoms with Crippen molar-refractivity contribution in [3.8, 4) is 50.2 Å². The average molecular weight is 1040 g/mol. The summed E-state index contributed by atoms with van der Waals surface area (Å²) >= 11 is 0. The monoisotopic (exact) mass is 1040 g/mol. The van der Waals surface area contributed by atoms with Gasteiger partial charge >= 0.3 is 0 Å². The van der Waals surface area contributed by atoms with Crippen molar-refractivity contribution in [1.29, 1.82) is 0 Å². The van der Waals surface area contributed by atoms with Gasteiger partial charge in [0.1, 0.15) is 0 Å². The van der Waals surface area contributed by atoms with Crippen molar-refractivity contribution in [2.75, 3.05) is 4.90 Å². The van der Waals surface area contributed by atoms with Crippen molar-refractivity contribution in [2.24, 2.45) is 5.92 Å². The van der Waals surface area contributed by atoms with E-state index in [0.29, 0.717) is 5.92 Å². The number of unbranched alkanes of at least 4 members (excludes halogenated alkanes) is 6. The SMILES string of the molecule is C=Cc1ccc(-c2ccc3c(c2)c(/C=C/C2=CCC(C=C)CC2)c(/C=C\C)n3-c2ccc3c(c2)C(CCCCCC)(CCCCCC)c2cc(N(c4ccccc4)c4cc(-c5ccccc5)cc(-c5ccccc5)c4)ccc2-3)cc1. The van der Waals surface area contributed by atoms with Crippen LogP contribution in [0.15, 0.2) is 231 Å². The molecule has 1 heterocycles. The van der Waals surface area contributed by atoms with E-state index in [1.165, 1.54) is 146 Å². The summed E-state index contributed by atoms with van der Waals surface area (Å²) in [7, 11) is 0. The zero-order chi connectivity index (χ0) is 54.8. The number of allylic oxidation sites excluding steroid dienone is 5. The fourth-order valence-electron chi connectivity index (χ4n) is 13.0. The third kappa shape index (κ3) is 11.1. The minimum absolute atomic E-state index is 0.185. The van der Waals surface area contributed by atoms with Crippen molar-refractivity contribution in [1.82, 2.24) is 4.57 Å². The number of hydrogen-bond donors (Lipinski definition) is 0. The van der Waals surface area contributed by atoms with Gasteiger partial charge in [-0.25, -0.2) is 0 Å². The Balaban J connectivity index is 1.11. The molecule has 0 aliphatic heterocycles. The maximum absolute atomic E-state index is 4.12. The minimum Gasteiger partial charge on any atom is -0.310 e. The van der Waals surface area contributed by atoms with Gasteiger partial charge < -0.3 is 9.47 Å². The van der Waals surface area contributed by atoms with Crippen LogP contribution < -0.4 is 4.90 Å². The normalized spacial score (nSPS) is 14.6. The Labute approximate surface area is 477 Å². The summed E-state index contributed by atoms with van der Waals surface area (Å²) in [5, 5.41) is 1.26. The zero-order valence-corrected chi connectivity index (χ0v) is 47.5. The van der Waals surface area contributed by atoms with Gasteiger partial charge in [-0.15, -0.1) is 6.58 Å². The van der Waals surface area contributed by atoms with Crippen molar-refractivity contribution >= 4 is 46.2 Å². The van der Waals surface area contributed by atoms with Crippen LogP contribution in [-0.2, 0) is 5.41 Å². The molecule has 0 radical (unpaired) electrons. The van der Waals surface area contributed by atoms with Crippen molar-refractivity contribution in [3.63, 3.8) is 0 Å². The molecule has 2 heteroatoms. The Kier molecular flexibility index (Phi) is 16.7. The molecule has 11 rings (SSSR count). The van der Waals surface area contributed by atoms with E-state index in [2.05, 4.69) is 268 Å². The molecular weight excluding hydrogens is 965 g/mol. The fraction of sp³-hybridized carbons (Fsp3) is 0.231. The summed E-state index contributed by atoms with van der Waals surface area (Å²) < 4.78 is 2.57. The molecule has 0 saturated heterocycles. The van der Waals surface area contributed by atoms with Gasteiger partial charge in [0, 0.05) is 39.1 Å². The van der Waals surface area contributed by atoms with E-state index in [-0.39, 0.29) is 5.41 Å². The standard InChI is InChI=1S/C78H78N2/c1-6-11-13-24-49-78(50-25-14-12-7-2)74-55-67(79(66-31-22-17-23-32-66)69-52-64(60-27-18-15-19-28-60)51-65(53-69)61-29-20-16-21-30-61)43-46-70(74)71-47-44-68(56-75(71)78)80-76(26-8-3)72(45-39-59-35-33-57(9-4)34-36-59)73-54-63(42-48-77(73)80)62-40-37-58(10-5)38-41-62/h8-10,15-23,26-32,35,37-48,51-57H,4-7,11-14,24-25,33-34,36,49-50H2,1-3H3/b26-8-,45-39+. The minimum atomic E-state index is -0.185. The number of aromatic nitrogens is 1. The van der Waals surface area contributed by atoms with Crippen LogP contribution in [0.25, 0.3) is 79.3 Å².